The maximum absolute atomic E-state index is 3.78. The van der Waals surface area contributed by atoms with Crippen LogP contribution in [0.2, 0.25) is 0 Å². The first-order valence-corrected chi connectivity index (χ1v) is 3.15. The van der Waals surface area contributed by atoms with Crippen molar-refractivity contribution in [2.24, 2.45) is 0 Å². The zero-order valence-electron chi connectivity index (χ0n) is 4.05. The number of hydrogen-bond donors (Lipinski definition) is 0. The van der Waals surface area contributed by atoms with E-state index in [2.05, 4.69) is 12.3 Å². The van der Waals surface area contributed by atoms with Gasteiger partial charge in [-0.2, -0.15) is 0 Å². The summed E-state index contributed by atoms with van der Waals surface area (Å²) in [5.41, 5.74) is 1.21. The Morgan fingerprint density at radius 1 is 1.71 bits per heavy atom. The fourth-order valence-electron chi connectivity index (χ4n) is 0.414. The zero-order valence-corrected chi connectivity index (χ0v) is 4.87. The molecule has 0 aromatic rings. The second kappa shape index (κ2) is 2.22. The molecule has 1 heteroatoms. The molecule has 0 aliphatic carbocycles. The first-order valence-electron chi connectivity index (χ1n) is 2.21. The molecule has 1 heterocycles. The summed E-state index contributed by atoms with van der Waals surface area (Å²) in [7, 11) is 0. The van der Waals surface area contributed by atoms with Crippen LogP contribution in [0.1, 0.15) is 6.42 Å². The molecule has 0 atom stereocenters. The highest BCUT2D eigenvalue weighted by atomic mass is 32.2. The van der Waals surface area contributed by atoms with E-state index < -0.39 is 0 Å². The van der Waals surface area contributed by atoms with Gasteiger partial charge in [0.2, 0.25) is 0 Å². The summed E-state index contributed by atoms with van der Waals surface area (Å²) in [6, 6.07) is 0. The molecule has 0 amide bonds. The van der Waals surface area contributed by atoms with E-state index in [1.165, 1.54) is 5.57 Å². The van der Waals surface area contributed by atoms with Crippen molar-refractivity contribution < 1.29 is 0 Å². The second-order valence-electron chi connectivity index (χ2n) is 1.47. The standard InChI is InChI=1S/C6H7S/c1-6-2-4-7-5-3-6/h2,4-5H,1,3H2. The third kappa shape index (κ3) is 1.39. The van der Waals surface area contributed by atoms with Crippen molar-refractivity contribution in [3.05, 3.63) is 29.4 Å². The molecule has 1 radical (unpaired) electrons. The maximum atomic E-state index is 3.78. The Kier molecular flexibility index (Phi) is 1.58. The molecule has 7 heavy (non-hydrogen) atoms. The molecular weight excluding hydrogens is 104 g/mol. The number of hydrogen-bond acceptors (Lipinski definition) is 1. The Morgan fingerprint density at radius 3 is 2.86 bits per heavy atom. The smallest absolute Gasteiger partial charge is 0.0254 e. The molecule has 0 aromatic carbocycles. The molecule has 0 fully saturated rings. The highest BCUT2D eigenvalue weighted by Gasteiger charge is 1.93. The lowest BCUT2D eigenvalue weighted by molar-refractivity contribution is 1.27. The van der Waals surface area contributed by atoms with Crippen molar-refractivity contribution in [2.75, 3.05) is 0 Å². The van der Waals surface area contributed by atoms with E-state index in [1.807, 2.05) is 11.5 Å². The van der Waals surface area contributed by atoms with Gasteiger partial charge >= 0.3 is 0 Å². The number of allylic oxidation sites excluding steroid dienone is 2. The molecule has 0 nitrogen and oxygen atoms in total. The van der Waals surface area contributed by atoms with Crippen LogP contribution in [0, 0.1) is 5.75 Å². The Morgan fingerprint density at radius 2 is 2.57 bits per heavy atom. The van der Waals surface area contributed by atoms with Gasteiger partial charge in [0, 0.05) is 5.75 Å². The van der Waals surface area contributed by atoms with Crippen molar-refractivity contribution in [1.82, 2.24) is 0 Å². The van der Waals surface area contributed by atoms with Crippen LogP contribution in [-0.2, 0) is 0 Å². The Labute approximate surface area is 48.3 Å². The van der Waals surface area contributed by atoms with E-state index in [9.17, 15) is 0 Å². The molecule has 0 N–H and O–H groups in total. The highest BCUT2D eigenvalue weighted by Crippen LogP contribution is 2.21. The molecule has 0 bridgehead atoms. The second-order valence-corrected chi connectivity index (χ2v) is 2.35. The largest absolute Gasteiger partial charge is 0.129 e. The van der Waals surface area contributed by atoms with Gasteiger partial charge in [0.25, 0.3) is 0 Å². The van der Waals surface area contributed by atoms with Crippen molar-refractivity contribution in [3.63, 3.8) is 0 Å². The van der Waals surface area contributed by atoms with Gasteiger partial charge in [-0.1, -0.05) is 18.2 Å². The Balaban J connectivity index is 2.51. The summed E-state index contributed by atoms with van der Waals surface area (Å²) in [6.45, 7) is 3.78. The van der Waals surface area contributed by atoms with Crippen LogP contribution in [-0.4, -0.2) is 0 Å². The Hall–Kier alpha value is -0.170. The fourth-order valence-corrected chi connectivity index (χ4v) is 1.11. The topological polar surface area (TPSA) is 0 Å². The van der Waals surface area contributed by atoms with E-state index in [0.29, 0.717) is 0 Å². The third-order valence-corrected chi connectivity index (χ3v) is 1.48. The summed E-state index contributed by atoms with van der Waals surface area (Å²) in [5, 5.41) is 2.05. The van der Waals surface area contributed by atoms with Crippen molar-refractivity contribution in [3.8, 4) is 0 Å². The van der Waals surface area contributed by atoms with E-state index in [4.69, 9.17) is 0 Å². The number of rotatable bonds is 0. The van der Waals surface area contributed by atoms with Crippen molar-refractivity contribution in [1.29, 1.82) is 0 Å². The minimum Gasteiger partial charge on any atom is -0.129 e. The first kappa shape index (κ1) is 4.98. The van der Waals surface area contributed by atoms with Gasteiger partial charge in [-0.3, -0.25) is 0 Å². The molecule has 1 aliphatic rings. The quantitative estimate of drug-likeness (QED) is 0.462. The van der Waals surface area contributed by atoms with Crippen LogP contribution in [0.5, 0.6) is 0 Å². The van der Waals surface area contributed by atoms with E-state index in [0.717, 1.165) is 6.42 Å². The molecule has 37 valence electrons. The molecule has 0 unspecified atom stereocenters. The highest BCUT2D eigenvalue weighted by molar-refractivity contribution is 8.04. The first-order chi connectivity index (χ1) is 3.39. The van der Waals surface area contributed by atoms with Crippen LogP contribution in [0.25, 0.3) is 0 Å². The van der Waals surface area contributed by atoms with Crippen LogP contribution in [0.15, 0.2) is 23.6 Å². The van der Waals surface area contributed by atoms with Crippen LogP contribution >= 0.6 is 11.8 Å². The summed E-state index contributed by atoms with van der Waals surface area (Å²) < 4.78 is 0. The average molecular weight is 111 g/mol. The van der Waals surface area contributed by atoms with Gasteiger partial charge in [0.1, 0.15) is 0 Å². The predicted molar refractivity (Wildman–Crippen MR) is 34.8 cm³/mol. The summed E-state index contributed by atoms with van der Waals surface area (Å²) >= 11 is 1.73. The minimum atomic E-state index is 1.04. The SMILES string of the molecule is C=C1C=CS[CH]C1. The Bertz CT molecular complexity index is 103. The van der Waals surface area contributed by atoms with Gasteiger partial charge in [-0.05, 0) is 11.8 Å². The van der Waals surface area contributed by atoms with Crippen LogP contribution < -0.4 is 0 Å². The lowest BCUT2D eigenvalue weighted by Gasteiger charge is -2.01. The average Bonchev–Trinajstić information content (AvgIpc) is 1.69. The van der Waals surface area contributed by atoms with Gasteiger partial charge in [0.05, 0.1) is 0 Å². The predicted octanol–water partition coefficient (Wildman–Crippen LogP) is 2.35. The van der Waals surface area contributed by atoms with E-state index in [1.54, 1.807) is 11.8 Å². The minimum absolute atomic E-state index is 1.04. The van der Waals surface area contributed by atoms with Gasteiger partial charge < -0.3 is 0 Å². The fraction of sp³-hybridized carbons (Fsp3) is 0.167. The molecule has 1 rings (SSSR count). The summed E-state index contributed by atoms with van der Waals surface area (Å²) in [5.74, 6) is 2.14. The summed E-state index contributed by atoms with van der Waals surface area (Å²) in [6.07, 6.45) is 3.09. The monoisotopic (exact) mass is 111 g/mol. The zero-order chi connectivity index (χ0) is 5.11. The van der Waals surface area contributed by atoms with Crippen molar-refractivity contribution >= 4 is 11.8 Å². The molecule has 0 spiro atoms. The molecular formula is C6H7S. The lowest BCUT2D eigenvalue weighted by Crippen LogP contribution is -1.77. The molecule has 0 aromatic heterocycles. The number of thioether (sulfide) groups is 1. The van der Waals surface area contributed by atoms with Gasteiger partial charge in [-0.25, -0.2) is 0 Å². The van der Waals surface area contributed by atoms with Gasteiger partial charge in [0.15, 0.2) is 0 Å². The third-order valence-electron chi connectivity index (χ3n) is 0.824. The normalized spacial score (nSPS) is 20.3. The van der Waals surface area contributed by atoms with Crippen LogP contribution in [0.3, 0.4) is 0 Å². The van der Waals surface area contributed by atoms with Gasteiger partial charge in [-0.15, -0.1) is 11.8 Å². The van der Waals surface area contributed by atoms with E-state index >= 15 is 0 Å². The van der Waals surface area contributed by atoms with E-state index in [-0.39, 0.29) is 0 Å². The van der Waals surface area contributed by atoms with Crippen molar-refractivity contribution in [2.45, 2.75) is 6.42 Å². The molecule has 0 saturated carbocycles. The molecule has 0 saturated heterocycles. The lowest BCUT2D eigenvalue weighted by atomic mass is 10.2. The van der Waals surface area contributed by atoms with Crippen LogP contribution in [0.4, 0.5) is 0 Å². The molecule has 1 aliphatic heterocycles. The maximum Gasteiger partial charge on any atom is 0.0254 e. The summed E-state index contributed by atoms with van der Waals surface area (Å²) in [4.78, 5) is 0.